The lowest BCUT2D eigenvalue weighted by Crippen LogP contribution is -2.71. The molecule has 6 N–H and O–H groups in total. The largest absolute Gasteiger partial charge is 0.508 e. The zero-order chi connectivity index (χ0) is 37.9. The molecular weight excluding hydrogens is 737 g/mol. The lowest BCUT2D eigenvalue weighted by Gasteiger charge is -2.49. The summed E-state index contributed by atoms with van der Waals surface area (Å²) in [5, 5.41) is 30.5. The molecule has 1 saturated carbocycles. The van der Waals surface area contributed by atoms with Gasteiger partial charge in [-0.05, 0) is 62.0 Å². The molecule has 4 aliphatic rings. The molecule has 0 radical (unpaired) electrons. The predicted octanol–water partition coefficient (Wildman–Crippen LogP) is 2.12. The Balaban J connectivity index is 1.00. The first kappa shape index (κ1) is 36.6. The summed E-state index contributed by atoms with van der Waals surface area (Å²) in [4.78, 5) is 78.1. The van der Waals surface area contributed by atoms with Crippen LogP contribution in [0.3, 0.4) is 0 Å². The van der Waals surface area contributed by atoms with Gasteiger partial charge in [0.05, 0.1) is 6.54 Å². The molecule has 18 heteroatoms. The van der Waals surface area contributed by atoms with Crippen molar-refractivity contribution in [2.45, 2.75) is 62.7 Å². The fourth-order valence-corrected chi connectivity index (χ4v) is 8.64. The summed E-state index contributed by atoms with van der Waals surface area (Å²) >= 11 is 2.42. The second-order valence-electron chi connectivity index (χ2n) is 13.2. The van der Waals surface area contributed by atoms with Gasteiger partial charge >= 0.3 is 5.97 Å². The van der Waals surface area contributed by atoms with E-state index < -0.39 is 29.2 Å². The third kappa shape index (κ3) is 7.93. The SMILES string of the molecule is Nc1nc(/C(=N/OC2CCCC2)C(=O)N[C@@H]2C(=O)N3C(C(=O)O)=C(C=C4CCN(Cc5ccc[n+](CC(=O)Nc6cccc(O)c6)c5)C4=O)CS[C@H]23)cs1. The number of amides is 4. The summed E-state index contributed by atoms with van der Waals surface area (Å²) < 4.78 is 1.69. The molecule has 0 bridgehead atoms. The number of nitrogen functional groups attached to an aromatic ring is 1. The van der Waals surface area contributed by atoms with Crippen LogP contribution in [0.25, 0.3) is 0 Å². The molecule has 0 unspecified atom stereocenters. The maximum absolute atomic E-state index is 13.5. The number of anilines is 2. The zero-order valence-corrected chi connectivity index (χ0v) is 30.5. The van der Waals surface area contributed by atoms with E-state index in [1.54, 1.807) is 51.5 Å². The number of phenolic OH excluding ortho intramolecular Hbond substituents is 1. The number of phenols is 1. The normalized spacial score (nSPS) is 21.0. The molecule has 3 aromatic rings. The number of benzene rings is 1. The van der Waals surface area contributed by atoms with Crippen LogP contribution in [0.5, 0.6) is 5.75 Å². The number of carboxylic acids is 1. The Morgan fingerprint density at radius 1 is 1.17 bits per heavy atom. The number of fused-ring (bicyclic) bond motifs is 1. The van der Waals surface area contributed by atoms with E-state index in [1.165, 1.54) is 23.9 Å². The number of pyridine rings is 1. The van der Waals surface area contributed by atoms with Crippen molar-refractivity contribution in [3.8, 4) is 5.75 Å². The fourth-order valence-electron chi connectivity index (χ4n) is 6.79. The molecule has 5 heterocycles. The number of carboxylic acid groups (broad SMARTS) is 1. The smallest absolute Gasteiger partial charge is 0.352 e. The molecule has 3 fully saturated rings. The minimum atomic E-state index is -1.32. The molecule has 54 heavy (non-hydrogen) atoms. The van der Waals surface area contributed by atoms with Gasteiger partial charge in [-0.1, -0.05) is 11.2 Å². The van der Waals surface area contributed by atoms with E-state index in [2.05, 4.69) is 20.8 Å². The first-order valence-electron chi connectivity index (χ1n) is 17.3. The maximum atomic E-state index is 13.5. The highest BCUT2D eigenvalue weighted by Crippen LogP contribution is 2.41. The number of oxime groups is 1. The molecule has 2 saturated heterocycles. The predicted molar refractivity (Wildman–Crippen MR) is 198 cm³/mol. The third-order valence-corrected chi connectivity index (χ3v) is 11.3. The van der Waals surface area contributed by atoms with Crippen LogP contribution in [0.2, 0.25) is 0 Å². The third-order valence-electron chi connectivity index (χ3n) is 9.37. The number of β-lactam (4-membered cyclic amide) rings is 1. The van der Waals surface area contributed by atoms with Crippen LogP contribution in [0.1, 0.15) is 43.4 Å². The van der Waals surface area contributed by atoms with Gasteiger partial charge in [0, 0.05) is 46.6 Å². The Hall–Kier alpha value is -5.75. The van der Waals surface area contributed by atoms with Gasteiger partial charge in [-0.2, -0.15) is 4.57 Å². The fraction of sp³-hybridized carbons (Fsp3) is 0.333. The Labute approximate surface area is 317 Å². The summed E-state index contributed by atoms with van der Waals surface area (Å²) in [6.45, 7) is 0.680. The van der Waals surface area contributed by atoms with E-state index in [0.29, 0.717) is 29.8 Å². The van der Waals surface area contributed by atoms with Crippen molar-refractivity contribution in [3.05, 3.63) is 88.3 Å². The Bertz CT molecular complexity index is 2110. The second kappa shape index (κ2) is 15.7. The van der Waals surface area contributed by atoms with Crippen molar-refractivity contribution in [1.82, 2.24) is 20.1 Å². The molecule has 2 aromatic heterocycles. The molecule has 4 amide bonds. The van der Waals surface area contributed by atoms with Crippen molar-refractivity contribution in [2.24, 2.45) is 5.16 Å². The van der Waals surface area contributed by atoms with Gasteiger partial charge in [0.1, 0.15) is 34.7 Å². The number of aromatic hydroxyl groups is 1. The van der Waals surface area contributed by atoms with Crippen LogP contribution in [-0.2, 0) is 41.9 Å². The number of allylic oxidation sites excluding steroid dienone is 1. The van der Waals surface area contributed by atoms with Crippen LogP contribution >= 0.6 is 23.1 Å². The van der Waals surface area contributed by atoms with Crippen LogP contribution < -0.4 is 20.9 Å². The Morgan fingerprint density at radius 3 is 2.72 bits per heavy atom. The number of rotatable bonds is 12. The van der Waals surface area contributed by atoms with E-state index in [9.17, 15) is 34.2 Å². The minimum absolute atomic E-state index is 0.0116. The monoisotopic (exact) mass is 773 g/mol. The van der Waals surface area contributed by atoms with E-state index in [4.69, 9.17) is 10.6 Å². The first-order chi connectivity index (χ1) is 26.0. The summed E-state index contributed by atoms with van der Waals surface area (Å²) in [5.74, 6) is -2.93. The maximum Gasteiger partial charge on any atom is 0.352 e. The minimum Gasteiger partial charge on any atom is -0.508 e. The highest BCUT2D eigenvalue weighted by molar-refractivity contribution is 8.00. The quantitative estimate of drug-likeness (QED) is 0.0590. The topological polar surface area (TPSA) is 221 Å². The lowest BCUT2D eigenvalue weighted by molar-refractivity contribution is -0.684. The lowest BCUT2D eigenvalue weighted by atomic mass is 10.0. The van der Waals surface area contributed by atoms with Gasteiger partial charge in [-0.25, -0.2) is 9.78 Å². The highest BCUT2D eigenvalue weighted by atomic mass is 32.2. The number of likely N-dealkylation sites (tertiary alicyclic amines) is 1. The number of carbonyl (C=O) groups is 5. The van der Waals surface area contributed by atoms with Crippen LogP contribution in [0, 0.1) is 0 Å². The molecule has 280 valence electrons. The standard InChI is InChI=1S/C36H36N8O8S2/c37-36-39-26(19-54-36)28(41-52-25-8-1-2-9-25)31(47)40-29-33(49)44-30(35(50)51)22(18-53-34(29)44)13-21-10-12-43(32(21)48)16-20-5-4-11-42(15-20)17-27(46)38-23-6-3-7-24(45)14-23/h3-7,11,13-15,19,25,29,34H,1-2,8-10,12,16-18H2,(H5-,37,38,39,40,45,46,47,50,51)/p+1/b21-13?,41-28-/t29-,34-/m1/s1. The zero-order valence-electron chi connectivity index (χ0n) is 28.8. The summed E-state index contributed by atoms with van der Waals surface area (Å²) in [6.07, 6.45) is 8.96. The van der Waals surface area contributed by atoms with Gasteiger partial charge in [-0.3, -0.25) is 24.1 Å². The van der Waals surface area contributed by atoms with Gasteiger partial charge in [0.2, 0.25) is 12.5 Å². The molecule has 3 aliphatic heterocycles. The summed E-state index contributed by atoms with van der Waals surface area (Å²) in [7, 11) is 0. The Kier molecular flexibility index (Phi) is 10.6. The number of aliphatic carboxylic acids is 1. The number of nitrogens with two attached hydrogens (primary N) is 1. The van der Waals surface area contributed by atoms with Gasteiger partial charge < -0.3 is 36.3 Å². The van der Waals surface area contributed by atoms with Crippen molar-refractivity contribution in [3.63, 3.8) is 0 Å². The number of thiazole rings is 1. The number of hydrogen-bond acceptors (Lipinski definition) is 12. The summed E-state index contributed by atoms with van der Waals surface area (Å²) in [5.41, 5.74) is 7.66. The Morgan fingerprint density at radius 2 is 1.98 bits per heavy atom. The molecule has 2 atom stereocenters. The number of hydrogen-bond donors (Lipinski definition) is 5. The molecular formula is C36H37N8O8S2+. The number of carbonyl (C=O) groups excluding carboxylic acids is 4. The van der Waals surface area contributed by atoms with Crippen LogP contribution in [0.15, 0.2) is 82.2 Å². The number of thioether (sulfide) groups is 1. The molecule has 0 spiro atoms. The van der Waals surface area contributed by atoms with E-state index in [1.807, 2.05) is 6.07 Å². The number of nitrogens with one attached hydrogen (secondary N) is 2. The van der Waals surface area contributed by atoms with Crippen molar-refractivity contribution >= 4 is 69.2 Å². The van der Waals surface area contributed by atoms with Gasteiger partial charge in [0.15, 0.2) is 23.2 Å². The molecule has 1 aliphatic carbocycles. The van der Waals surface area contributed by atoms with E-state index in [-0.39, 0.29) is 64.7 Å². The van der Waals surface area contributed by atoms with E-state index >= 15 is 0 Å². The average molecular weight is 774 g/mol. The highest BCUT2D eigenvalue weighted by Gasteiger charge is 2.54. The average Bonchev–Trinajstić information content (AvgIpc) is 3.90. The van der Waals surface area contributed by atoms with Gasteiger partial charge in [0.25, 0.3) is 17.7 Å². The first-order valence-corrected chi connectivity index (χ1v) is 19.2. The number of nitrogens with zero attached hydrogens (tertiary/aromatic N) is 5. The molecule has 7 rings (SSSR count). The van der Waals surface area contributed by atoms with Crippen LogP contribution in [0.4, 0.5) is 10.8 Å². The van der Waals surface area contributed by atoms with Crippen molar-refractivity contribution in [1.29, 1.82) is 0 Å². The molecule has 1 aromatic carbocycles. The van der Waals surface area contributed by atoms with Gasteiger partial charge in [-0.15, -0.1) is 23.1 Å². The van der Waals surface area contributed by atoms with Crippen LogP contribution in [-0.4, -0.2) is 90.1 Å². The van der Waals surface area contributed by atoms with Crippen molar-refractivity contribution in [2.75, 3.05) is 23.3 Å². The van der Waals surface area contributed by atoms with E-state index in [0.717, 1.165) is 47.5 Å². The summed E-state index contributed by atoms with van der Waals surface area (Å²) in [6, 6.07) is 8.85. The second-order valence-corrected chi connectivity index (χ2v) is 15.2. The number of aromatic nitrogens is 2. The van der Waals surface area contributed by atoms with Crippen molar-refractivity contribution < 1.29 is 43.6 Å². The molecule has 16 nitrogen and oxygen atoms in total.